The third-order valence-electron chi connectivity index (χ3n) is 2.54. The van der Waals surface area contributed by atoms with Crippen LogP contribution in [0.2, 0.25) is 0 Å². The molecular weight excluding hydrogens is 126 g/mol. The fourth-order valence-corrected chi connectivity index (χ4v) is 0.882. The highest BCUT2D eigenvalue weighted by molar-refractivity contribution is 4.77. The molecule has 3 N–H and O–H groups in total. The largest absolute Gasteiger partial charge is 0.396 e. The van der Waals surface area contributed by atoms with Gasteiger partial charge in [-0.15, -0.1) is 0 Å². The zero-order valence-corrected chi connectivity index (χ0v) is 7.22. The van der Waals surface area contributed by atoms with Crippen molar-refractivity contribution in [3.05, 3.63) is 0 Å². The van der Waals surface area contributed by atoms with Crippen LogP contribution in [0.3, 0.4) is 0 Å². The second-order valence-electron chi connectivity index (χ2n) is 3.49. The summed E-state index contributed by atoms with van der Waals surface area (Å²) >= 11 is 0. The Bertz CT molecular complexity index is 93.3. The molecule has 2 heteroatoms. The highest BCUT2D eigenvalue weighted by atomic mass is 16.3. The standard InChI is InChI=1S/C8H19NO/c1-7(2)8(3,6-9)4-5-10/h7,10H,4-6,9H2,1-3H3. The van der Waals surface area contributed by atoms with Crippen LogP contribution in [-0.2, 0) is 0 Å². The van der Waals surface area contributed by atoms with Gasteiger partial charge in [-0.1, -0.05) is 20.8 Å². The molecule has 0 bridgehead atoms. The van der Waals surface area contributed by atoms with E-state index in [9.17, 15) is 0 Å². The van der Waals surface area contributed by atoms with Gasteiger partial charge in [0.05, 0.1) is 0 Å². The van der Waals surface area contributed by atoms with Crippen molar-refractivity contribution in [2.45, 2.75) is 27.2 Å². The lowest BCUT2D eigenvalue weighted by Gasteiger charge is -2.31. The van der Waals surface area contributed by atoms with Crippen molar-refractivity contribution in [1.29, 1.82) is 0 Å². The Hall–Kier alpha value is -0.0800. The molecule has 2 nitrogen and oxygen atoms in total. The quantitative estimate of drug-likeness (QED) is 0.619. The van der Waals surface area contributed by atoms with Crippen molar-refractivity contribution in [1.82, 2.24) is 0 Å². The summed E-state index contributed by atoms with van der Waals surface area (Å²) in [7, 11) is 0. The molecular formula is C8H19NO. The molecule has 0 saturated heterocycles. The summed E-state index contributed by atoms with van der Waals surface area (Å²) in [6.45, 7) is 7.30. The maximum absolute atomic E-state index is 8.73. The molecule has 0 aromatic rings. The lowest BCUT2D eigenvalue weighted by Crippen LogP contribution is -2.33. The van der Waals surface area contributed by atoms with Crippen molar-refractivity contribution < 1.29 is 5.11 Å². The van der Waals surface area contributed by atoms with E-state index in [1.54, 1.807) is 0 Å². The van der Waals surface area contributed by atoms with Crippen LogP contribution in [0.4, 0.5) is 0 Å². The predicted octanol–water partition coefficient (Wildman–Crippen LogP) is 0.990. The monoisotopic (exact) mass is 145 g/mol. The zero-order chi connectivity index (χ0) is 8.20. The van der Waals surface area contributed by atoms with Crippen LogP contribution in [0.1, 0.15) is 27.2 Å². The van der Waals surface area contributed by atoms with Crippen molar-refractivity contribution in [3.8, 4) is 0 Å². The van der Waals surface area contributed by atoms with E-state index in [0.29, 0.717) is 12.5 Å². The number of aliphatic hydroxyl groups excluding tert-OH is 1. The van der Waals surface area contributed by atoms with E-state index in [0.717, 1.165) is 6.42 Å². The second-order valence-corrected chi connectivity index (χ2v) is 3.49. The number of hydrogen-bond acceptors (Lipinski definition) is 2. The van der Waals surface area contributed by atoms with Gasteiger partial charge in [0, 0.05) is 6.61 Å². The summed E-state index contributed by atoms with van der Waals surface area (Å²) in [5, 5.41) is 8.73. The summed E-state index contributed by atoms with van der Waals surface area (Å²) in [5.74, 6) is 0.546. The lowest BCUT2D eigenvalue weighted by molar-refractivity contribution is 0.153. The van der Waals surface area contributed by atoms with Gasteiger partial charge in [0.25, 0.3) is 0 Å². The first-order valence-corrected chi connectivity index (χ1v) is 3.87. The van der Waals surface area contributed by atoms with Gasteiger partial charge < -0.3 is 10.8 Å². The summed E-state index contributed by atoms with van der Waals surface area (Å²) in [6.07, 6.45) is 0.807. The molecule has 0 heterocycles. The van der Waals surface area contributed by atoms with Crippen LogP contribution in [0.25, 0.3) is 0 Å². The van der Waals surface area contributed by atoms with Gasteiger partial charge in [-0.3, -0.25) is 0 Å². The number of hydrogen-bond donors (Lipinski definition) is 2. The van der Waals surface area contributed by atoms with E-state index < -0.39 is 0 Å². The Balaban J connectivity index is 3.94. The molecule has 62 valence electrons. The molecule has 0 aromatic heterocycles. The Morgan fingerprint density at radius 3 is 2.10 bits per heavy atom. The van der Waals surface area contributed by atoms with Gasteiger partial charge in [-0.05, 0) is 24.3 Å². The van der Waals surface area contributed by atoms with Crippen LogP contribution in [-0.4, -0.2) is 18.3 Å². The van der Waals surface area contributed by atoms with Crippen molar-refractivity contribution in [3.63, 3.8) is 0 Å². The second kappa shape index (κ2) is 3.94. The third-order valence-corrected chi connectivity index (χ3v) is 2.54. The highest BCUT2D eigenvalue weighted by Gasteiger charge is 2.25. The van der Waals surface area contributed by atoms with Gasteiger partial charge >= 0.3 is 0 Å². The zero-order valence-electron chi connectivity index (χ0n) is 7.22. The fraction of sp³-hybridized carbons (Fsp3) is 1.00. The SMILES string of the molecule is CC(C)C(C)(CN)CCO. The van der Waals surface area contributed by atoms with Crippen LogP contribution in [0, 0.1) is 11.3 Å². The molecule has 0 amide bonds. The van der Waals surface area contributed by atoms with E-state index in [2.05, 4.69) is 20.8 Å². The first-order valence-electron chi connectivity index (χ1n) is 3.87. The molecule has 1 unspecified atom stereocenters. The average Bonchev–Trinajstić information content (AvgIpc) is 1.88. The first kappa shape index (κ1) is 9.92. The van der Waals surface area contributed by atoms with Gasteiger partial charge in [0.1, 0.15) is 0 Å². The normalized spacial score (nSPS) is 17.4. The highest BCUT2D eigenvalue weighted by Crippen LogP contribution is 2.28. The minimum absolute atomic E-state index is 0.120. The van der Waals surface area contributed by atoms with E-state index in [-0.39, 0.29) is 12.0 Å². The van der Waals surface area contributed by atoms with Crippen LogP contribution in [0.5, 0.6) is 0 Å². The Labute approximate surface area is 63.4 Å². The smallest absolute Gasteiger partial charge is 0.0436 e. The molecule has 0 aliphatic rings. The Kier molecular flexibility index (Phi) is 3.91. The summed E-state index contributed by atoms with van der Waals surface area (Å²) < 4.78 is 0. The van der Waals surface area contributed by atoms with Crippen molar-refractivity contribution in [2.75, 3.05) is 13.2 Å². The molecule has 0 rings (SSSR count). The fourth-order valence-electron chi connectivity index (χ4n) is 0.882. The summed E-state index contributed by atoms with van der Waals surface area (Å²) in [6, 6.07) is 0. The maximum Gasteiger partial charge on any atom is 0.0436 e. The molecule has 1 atom stereocenters. The molecule has 0 aliphatic heterocycles. The molecule has 0 aliphatic carbocycles. The van der Waals surface area contributed by atoms with Gasteiger partial charge in [-0.2, -0.15) is 0 Å². The minimum atomic E-state index is 0.120. The van der Waals surface area contributed by atoms with Crippen molar-refractivity contribution >= 4 is 0 Å². The van der Waals surface area contributed by atoms with E-state index in [1.807, 2.05) is 0 Å². The van der Waals surface area contributed by atoms with Gasteiger partial charge in [0.15, 0.2) is 0 Å². The Morgan fingerprint density at radius 2 is 2.00 bits per heavy atom. The average molecular weight is 145 g/mol. The van der Waals surface area contributed by atoms with E-state index in [1.165, 1.54) is 0 Å². The summed E-state index contributed by atoms with van der Waals surface area (Å²) in [5.41, 5.74) is 5.70. The van der Waals surface area contributed by atoms with E-state index >= 15 is 0 Å². The molecule has 0 saturated carbocycles. The minimum Gasteiger partial charge on any atom is -0.396 e. The number of rotatable bonds is 4. The first-order chi connectivity index (χ1) is 4.56. The van der Waals surface area contributed by atoms with Crippen LogP contribution in [0.15, 0.2) is 0 Å². The third kappa shape index (κ3) is 2.27. The van der Waals surface area contributed by atoms with Crippen LogP contribution < -0.4 is 5.73 Å². The topological polar surface area (TPSA) is 46.2 Å². The van der Waals surface area contributed by atoms with Gasteiger partial charge in [0.2, 0.25) is 0 Å². The van der Waals surface area contributed by atoms with Crippen molar-refractivity contribution in [2.24, 2.45) is 17.1 Å². The maximum atomic E-state index is 8.73. The number of aliphatic hydroxyl groups is 1. The predicted molar refractivity (Wildman–Crippen MR) is 43.7 cm³/mol. The molecule has 0 spiro atoms. The number of nitrogens with two attached hydrogens (primary N) is 1. The summed E-state index contributed by atoms with van der Waals surface area (Å²) in [4.78, 5) is 0. The molecule has 10 heavy (non-hydrogen) atoms. The Morgan fingerprint density at radius 1 is 1.50 bits per heavy atom. The lowest BCUT2D eigenvalue weighted by atomic mass is 9.77. The van der Waals surface area contributed by atoms with E-state index in [4.69, 9.17) is 10.8 Å². The van der Waals surface area contributed by atoms with Crippen LogP contribution >= 0.6 is 0 Å². The molecule has 0 aromatic carbocycles. The molecule has 0 radical (unpaired) electrons. The molecule has 0 fully saturated rings. The van der Waals surface area contributed by atoms with Gasteiger partial charge in [-0.25, -0.2) is 0 Å².